The van der Waals surface area contributed by atoms with Crippen molar-refractivity contribution < 1.29 is 9.53 Å². The second-order valence-corrected chi connectivity index (χ2v) is 6.35. The van der Waals surface area contributed by atoms with Gasteiger partial charge in [-0.2, -0.15) is 10.4 Å². The van der Waals surface area contributed by atoms with Gasteiger partial charge in [0.05, 0.1) is 37.4 Å². The molecule has 2 heterocycles. The van der Waals surface area contributed by atoms with Gasteiger partial charge in [-0.05, 0) is 20.8 Å². The second kappa shape index (κ2) is 5.86. The highest BCUT2D eigenvalue weighted by atomic mass is 16.5. The Morgan fingerprint density at radius 3 is 2.81 bits per heavy atom. The average molecular weight is 290 g/mol. The van der Waals surface area contributed by atoms with Crippen LogP contribution in [0.2, 0.25) is 0 Å². The maximum atomic E-state index is 12.3. The van der Waals surface area contributed by atoms with E-state index in [-0.39, 0.29) is 29.8 Å². The zero-order valence-electron chi connectivity index (χ0n) is 13.0. The minimum absolute atomic E-state index is 0.0312. The number of carbonyl (C=O) groups is 1. The summed E-state index contributed by atoms with van der Waals surface area (Å²) in [6.45, 7) is 7.21. The highest BCUT2D eigenvalue weighted by Crippen LogP contribution is 2.41. The van der Waals surface area contributed by atoms with Crippen LogP contribution in [0.1, 0.15) is 38.8 Å². The third kappa shape index (κ3) is 3.08. The number of aromatic nitrogens is 2. The minimum Gasteiger partial charge on any atom is -0.383 e. The number of nitriles is 1. The van der Waals surface area contributed by atoms with Crippen LogP contribution in [0, 0.1) is 17.2 Å². The lowest BCUT2D eigenvalue weighted by molar-refractivity contribution is -0.133. The normalized spacial score (nSPS) is 22.6. The SMILES string of the molecule is COCCn1cc(C2C(C#N)CC(=O)N2C(C)(C)C)cn1. The molecule has 0 aliphatic carbocycles. The van der Waals surface area contributed by atoms with Crippen molar-refractivity contribution in [1.29, 1.82) is 5.26 Å². The highest BCUT2D eigenvalue weighted by molar-refractivity contribution is 5.81. The predicted octanol–water partition coefficient (Wildman–Crippen LogP) is 1.74. The van der Waals surface area contributed by atoms with Gasteiger partial charge in [-0.25, -0.2) is 0 Å². The van der Waals surface area contributed by atoms with Gasteiger partial charge in [0.1, 0.15) is 0 Å². The van der Waals surface area contributed by atoms with E-state index in [0.717, 1.165) is 5.56 Å². The molecule has 6 heteroatoms. The van der Waals surface area contributed by atoms with Crippen LogP contribution in [0.3, 0.4) is 0 Å². The van der Waals surface area contributed by atoms with Crippen LogP contribution >= 0.6 is 0 Å². The maximum absolute atomic E-state index is 12.3. The van der Waals surface area contributed by atoms with Crippen LogP contribution in [-0.4, -0.2) is 39.8 Å². The molecule has 2 atom stereocenters. The zero-order chi connectivity index (χ0) is 15.6. The number of hydrogen-bond donors (Lipinski definition) is 0. The molecule has 1 saturated heterocycles. The second-order valence-electron chi connectivity index (χ2n) is 6.35. The molecule has 0 saturated carbocycles. The lowest BCUT2D eigenvalue weighted by atomic mass is 9.95. The van der Waals surface area contributed by atoms with Gasteiger partial charge in [0.15, 0.2) is 0 Å². The first-order chi connectivity index (χ1) is 9.88. The third-order valence-corrected chi connectivity index (χ3v) is 3.73. The summed E-state index contributed by atoms with van der Waals surface area (Å²) in [7, 11) is 1.65. The van der Waals surface area contributed by atoms with Gasteiger partial charge < -0.3 is 9.64 Å². The Labute approximate surface area is 125 Å². The minimum atomic E-state index is -0.322. The summed E-state index contributed by atoms with van der Waals surface area (Å²) < 4.78 is 6.83. The summed E-state index contributed by atoms with van der Waals surface area (Å²) in [5.74, 6) is -0.291. The summed E-state index contributed by atoms with van der Waals surface area (Å²) in [5.41, 5.74) is 0.598. The molecule has 1 amide bonds. The molecular formula is C15H22N4O2. The van der Waals surface area contributed by atoms with Crippen LogP contribution in [-0.2, 0) is 16.1 Å². The van der Waals surface area contributed by atoms with E-state index in [1.54, 1.807) is 18.0 Å². The van der Waals surface area contributed by atoms with Crippen LogP contribution in [0.5, 0.6) is 0 Å². The first kappa shape index (κ1) is 15.5. The molecule has 1 aromatic rings. The number of amides is 1. The molecule has 2 rings (SSSR count). The molecule has 0 aromatic carbocycles. The van der Waals surface area contributed by atoms with Crippen molar-refractivity contribution in [2.45, 2.75) is 45.3 Å². The van der Waals surface area contributed by atoms with Crippen molar-refractivity contribution in [1.82, 2.24) is 14.7 Å². The van der Waals surface area contributed by atoms with Gasteiger partial charge in [-0.3, -0.25) is 9.48 Å². The molecule has 1 fully saturated rings. The Kier molecular flexibility index (Phi) is 4.33. The molecule has 0 radical (unpaired) electrons. The fraction of sp³-hybridized carbons (Fsp3) is 0.667. The van der Waals surface area contributed by atoms with E-state index in [2.05, 4.69) is 11.2 Å². The summed E-state index contributed by atoms with van der Waals surface area (Å²) in [5, 5.41) is 13.7. The van der Waals surface area contributed by atoms with Crippen LogP contribution in [0.25, 0.3) is 0 Å². The summed E-state index contributed by atoms with van der Waals surface area (Å²) >= 11 is 0. The van der Waals surface area contributed by atoms with E-state index in [4.69, 9.17) is 4.74 Å². The van der Waals surface area contributed by atoms with E-state index >= 15 is 0 Å². The molecule has 1 aliphatic rings. The first-order valence-corrected chi connectivity index (χ1v) is 7.11. The van der Waals surface area contributed by atoms with Crippen molar-refractivity contribution in [2.24, 2.45) is 5.92 Å². The van der Waals surface area contributed by atoms with Crippen molar-refractivity contribution in [3.63, 3.8) is 0 Å². The highest BCUT2D eigenvalue weighted by Gasteiger charge is 2.46. The van der Waals surface area contributed by atoms with Crippen LogP contribution < -0.4 is 0 Å². The first-order valence-electron chi connectivity index (χ1n) is 7.11. The van der Waals surface area contributed by atoms with Gasteiger partial charge >= 0.3 is 0 Å². The lowest BCUT2D eigenvalue weighted by Crippen LogP contribution is -2.44. The Morgan fingerprint density at radius 1 is 1.52 bits per heavy atom. The van der Waals surface area contributed by atoms with Crippen molar-refractivity contribution >= 4 is 5.91 Å². The fourth-order valence-electron chi connectivity index (χ4n) is 2.86. The van der Waals surface area contributed by atoms with E-state index in [9.17, 15) is 10.1 Å². The predicted molar refractivity (Wildman–Crippen MR) is 77.2 cm³/mol. The Hall–Kier alpha value is -1.87. The molecule has 1 aliphatic heterocycles. The molecule has 114 valence electrons. The van der Waals surface area contributed by atoms with Crippen LogP contribution in [0.15, 0.2) is 12.4 Å². The van der Waals surface area contributed by atoms with Gasteiger partial charge in [0, 0.05) is 30.8 Å². The van der Waals surface area contributed by atoms with E-state index in [1.807, 2.05) is 31.9 Å². The van der Waals surface area contributed by atoms with Gasteiger partial charge in [-0.15, -0.1) is 0 Å². The summed E-state index contributed by atoms with van der Waals surface area (Å²) in [6.07, 6.45) is 3.94. The quantitative estimate of drug-likeness (QED) is 0.847. The molecule has 0 bridgehead atoms. The Morgan fingerprint density at radius 2 is 2.24 bits per heavy atom. The van der Waals surface area contributed by atoms with Gasteiger partial charge in [0.25, 0.3) is 0 Å². The Balaban J connectivity index is 2.31. The topological polar surface area (TPSA) is 71.2 Å². The monoisotopic (exact) mass is 290 g/mol. The standard InChI is InChI=1S/C15H22N4O2/c1-15(2,3)19-13(20)7-11(8-16)14(19)12-9-17-18(10-12)5-6-21-4/h9-11,14H,5-7H2,1-4H3. The molecule has 21 heavy (non-hydrogen) atoms. The lowest BCUT2D eigenvalue weighted by Gasteiger charge is -2.37. The molecule has 1 aromatic heterocycles. The number of rotatable bonds is 4. The van der Waals surface area contributed by atoms with E-state index < -0.39 is 0 Å². The van der Waals surface area contributed by atoms with Crippen molar-refractivity contribution in [2.75, 3.05) is 13.7 Å². The van der Waals surface area contributed by atoms with Crippen LogP contribution in [0.4, 0.5) is 0 Å². The van der Waals surface area contributed by atoms with Crippen molar-refractivity contribution in [3.05, 3.63) is 18.0 Å². The van der Waals surface area contributed by atoms with E-state index in [0.29, 0.717) is 13.2 Å². The Bertz CT molecular complexity index is 553. The number of likely N-dealkylation sites (tertiary alicyclic amines) is 1. The molecule has 0 N–H and O–H groups in total. The number of hydrogen-bond acceptors (Lipinski definition) is 4. The maximum Gasteiger partial charge on any atom is 0.224 e. The fourth-order valence-corrected chi connectivity index (χ4v) is 2.86. The molecular weight excluding hydrogens is 268 g/mol. The molecule has 2 unspecified atom stereocenters. The number of nitrogens with zero attached hydrogens (tertiary/aromatic N) is 4. The largest absolute Gasteiger partial charge is 0.383 e. The van der Waals surface area contributed by atoms with Crippen molar-refractivity contribution in [3.8, 4) is 6.07 Å². The number of ether oxygens (including phenoxy) is 1. The average Bonchev–Trinajstić information content (AvgIpc) is 2.98. The summed E-state index contributed by atoms with van der Waals surface area (Å²) in [6, 6.07) is 2.05. The van der Waals surface area contributed by atoms with E-state index in [1.165, 1.54) is 0 Å². The third-order valence-electron chi connectivity index (χ3n) is 3.73. The number of carbonyl (C=O) groups excluding carboxylic acids is 1. The smallest absolute Gasteiger partial charge is 0.224 e. The molecule has 0 spiro atoms. The zero-order valence-corrected chi connectivity index (χ0v) is 13.0. The summed E-state index contributed by atoms with van der Waals surface area (Å²) in [4.78, 5) is 14.1. The molecule has 6 nitrogen and oxygen atoms in total. The van der Waals surface area contributed by atoms with Gasteiger partial charge in [-0.1, -0.05) is 0 Å². The van der Waals surface area contributed by atoms with Gasteiger partial charge in [0.2, 0.25) is 5.91 Å². The number of methoxy groups -OCH3 is 1.